The van der Waals surface area contributed by atoms with Crippen LogP contribution in [0.1, 0.15) is 35.8 Å². The molecule has 0 saturated carbocycles. The SMILES string of the molecule is CC(C)n1ncc2c(C(=O)N3CCN(C(=O)Cc4ccc(F)cc4)CC3)cc(-c3ccco3)nc21. The number of pyridine rings is 1. The topological polar surface area (TPSA) is 84.5 Å². The number of nitrogens with zero attached hydrogens (tertiary/aromatic N) is 5. The van der Waals surface area contributed by atoms with Gasteiger partial charge in [0.1, 0.15) is 11.5 Å². The van der Waals surface area contributed by atoms with Crippen molar-refractivity contribution in [2.24, 2.45) is 0 Å². The number of rotatable bonds is 5. The van der Waals surface area contributed by atoms with E-state index < -0.39 is 0 Å². The number of hydrogen-bond acceptors (Lipinski definition) is 5. The summed E-state index contributed by atoms with van der Waals surface area (Å²) in [5.74, 6) is 0.0915. The highest BCUT2D eigenvalue weighted by Gasteiger charge is 2.27. The molecule has 1 aliphatic rings. The molecule has 0 bridgehead atoms. The maximum atomic E-state index is 13.6. The Hall–Kier alpha value is -4.01. The molecular weight excluding hydrogens is 449 g/mol. The van der Waals surface area contributed by atoms with E-state index >= 15 is 0 Å². The Kier molecular flexibility index (Phi) is 6.07. The van der Waals surface area contributed by atoms with Gasteiger partial charge in [-0.2, -0.15) is 5.10 Å². The van der Waals surface area contributed by atoms with Crippen molar-refractivity contribution in [3.8, 4) is 11.5 Å². The van der Waals surface area contributed by atoms with Crippen molar-refractivity contribution in [1.82, 2.24) is 24.6 Å². The van der Waals surface area contributed by atoms with Gasteiger partial charge in [0.15, 0.2) is 11.4 Å². The minimum absolute atomic E-state index is 0.0340. The average molecular weight is 476 g/mol. The first-order valence-electron chi connectivity index (χ1n) is 11.6. The first-order chi connectivity index (χ1) is 16.9. The Morgan fingerprint density at radius 3 is 2.43 bits per heavy atom. The van der Waals surface area contributed by atoms with Crippen LogP contribution in [0, 0.1) is 5.82 Å². The molecule has 0 N–H and O–H groups in total. The standard InChI is InChI=1S/C26H26FN5O3/c1-17(2)32-25-21(16-28-32)20(15-22(29-25)23-4-3-13-35-23)26(34)31-11-9-30(10-12-31)24(33)14-18-5-7-19(27)8-6-18/h3-8,13,15-17H,9-12,14H2,1-2H3. The molecule has 1 aromatic carbocycles. The zero-order valence-corrected chi connectivity index (χ0v) is 19.6. The Morgan fingerprint density at radius 2 is 1.77 bits per heavy atom. The molecule has 0 radical (unpaired) electrons. The largest absolute Gasteiger partial charge is 0.463 e. The van der Waals surface area contributed by atoms with Gasteiger partial charge in [-0.25, -0.2) is 14.1 Å². The van der Waals surface area contributed by atoms with E-state index in [1.807, 2.05) is 19.9 Å². The van der Waals surface area contributed by atoms with Crippen LogP contribution in [0.3, 0.4) is 0 Å². The van der Waals surface area contributed by atoms with Gasteiger partial charge in [0.25, 0.3) is 5.91 Å². The summed E-state index contributed by atoms with van der Waals surface area (Å²) in [6, 6.07) is 11.4. The maximum Gasteiger partial charge on any atom is 0.254 e. The molecule has 180 valence electrons. The van der Waals surface area contributed by atoms with Crippen LogP contribution in [0.2, 0.25) is 0 Å². The number of carbonyl (C=O) groups excluding carboxylic acids is 2. The van der Waals surface area contributed by atoms with Crippen LogP contribution in [0.5, 0.6) is 0 Å². The van der Waals surface area contributed by atoms with Gasteiger partial charge in [-0.3, -0.25) is 9.59 Å². The Morgan fingerprint density at radius 1 is 1.06 bits per heavy atom. The smallest absolute Gasteiger partial charge is 0.254 e. The highest BCUT2D eigenvalue weighted by atomic mass is 19.1. The van der Waals surface area contributed by atoms with Gasteiger partial charge in [-0.15, -0.1) is 0 Å². The van der Waals surface area contributed by atoms with Crippen molar-refractivity contribution < 1.29 is 18.4 Å². The first-order valence-corrected chi connectivity index (χ1v) is 11.6. The summed E-state index contributed by atoms with van der Waals surface area (Å²) < 4.78 is 20.5. The van der Waals surface area contributed by atoms with Crippen molar-refractivity contribution in [1.29, 1.82) is 0 Å². The predicted molar refractivity (Wildman–Crippen MR) is 128 cm³/mol. The van der Waals surface area contributed by atoms with Crippen molar-refractivity contribution in [2.45, 2.75) is 26.3 Å². The van der Waals surface area contributed by atoms with E-state index in [-0.39, 0.29) is 30.1 Å². The lowest BCUT2D eigenvalue weighted by Gasteiger charge is -2.35. The molecule has 2 amide bonds. The normalized spacial score (nSPS) is 14.2. The third-order valence-corrected chi connectivity index (χ3v) is 6.25. The lowest BCUT2D eigenvalue weighted by Crippen LogP contribution is -2.51. The number of halogens is 1. The minimum Gasteiger partial charge on any atom is -0.463 e. The number of furan rings is 1. The first kappa shape index (κ1) is 22.8. The van der Waals surface area contributed by atoms with Crippen molar-refractivity contribution >= 4 is 22.8 Å². The fraction of sp³-hybridized carbons (Fsp3) is 0.308. The van der Waals surface area contributed by atoms with Crippen LogP contribution < -0.4 is 0 Å². The molecule has 0 unspecified atom stereocenters. The van der Waals surface area contributed by atoms with Gasteiger partial charge < -0.3 is 14.2 Å². The van der Waals surface area contributed by atoms with Crippen LogP contribution in [0.25, 0.3) is 22.5 Å². The van der Waals surface area contributed by atoms with Gasteiger partial charge >= 0.3 is 0 Å². The van der Waals surface area contributed by atoms with E-state index in [1.165, 1.54) is 12.1 Å². The molecule has 35 heavy (non-hydrogen) atoms. The van der Waals surface area contributed by atoms with Gasteiger partial charge in [0.2, 0.25) is 5.91 Å². The lowest BCUT2D eigenvalue weighted by molar-refractivity contribution is -0.131. The molecule has 3 aromatic heterocycles. The van der Waals surface area contributed by atoms with Crippen LogP contribution in [-0.4, -0.2) is 62.6 Å². The predicted octanol–water partition coefficient (Wildman–Crippen LogP) is 3.94. The molecule has 4 heterocycles. The second kappa shape index (κ2) is 9.32. The Labute approximate surface area is 202 Å². The van der Waals surface area contributed by atoms with E-state index in [2.05, 4.69) is 5.10 Å². The third kappa shape index (κ3) is 4.53. The zero-order valence-electron chi connectivity index (χ0n) is 19.6. The molecule has 0 aliphatic carbocycles. The van der Waals surface area contributed by atoms with E-state index in [1.54, 1.807) is 51.2 Å². The number of benzene rings is 1. The van der Waals surface area contributed by atoms with E-state index in [0.29, 0.717) is 54.2 Å². The number of hydrogen-bond donors (Lipinski definition) is 0. The fourth-order valence-electron chi connectivity index (χ4n) is 4.34. The lowest BCUT2D eigenvalue weighted by atomic mass is 10.1. The van der Waals surface area contributed by atoms with Crippen molar-refractivity contribution in [3.05, 3.63) is 71.9 Å². The summed E-state index contributed by atoms with van der Waals surface area (Å²) in [6.07, 6.45) is 3.47. The highest BCUT2D eigenvalue weighted by Crippen LogP contribution is 2.28. The summed E-state index contributed by atoms with van der Waals surface area (Å²) in [6.45, 7) is 5.75. The Balaban J connectivity index is 1.35. The quantitative estimate of drug-likeness (QED) is 0.437. The van der Waals surface area contributed by atoms with Crippen LogP contribution in [0.4, 0.5) is 4.39 Å². The van der Waals surface area contributed by atoms with Crippen LogP contribution >= 0.6 is 0 Å². The number of aromatic nitrogens is 3. The molecular formula is C26H26FN5O3. The van der Waals surface area contributed by atoms with Gasteiger partial charge in [-0.1, -0.05) is 12.1 Å². The monoisotopic (exact) mass is 475 g/mol. The summed E-state index contributed by atoms with van der Waals surface area (Å²) in [7, 11) is 0. The van der Waals surface area contributed by atoms with E-state index in [4.69, 9.17) is 9.40 Å². The molecule has 1 saturated heterocycles. The highest BCUT2D eigenvalue weighted by molar-refractivity contribution is 6.06. The molecule has 1 fully saturated rings. The number of amides is 2. The second-order valence-corrected chi connectivity index (χ2v) is 8.93. The van der Waals surface area contributed by atoms with Gasteiger partial charge in [0, 0.05) is 32.2 Å². The number of carbonyl (C=O) groups is 2. The number of piperazine rings is 1. The molecule has 9 heteroatoms. The summed E-state index contributed by atoms with van der Waals surface area (Å²) in [5.41, 5.74) is 2.48. The van der Waals surface area contributed by atoms with Gasteiger partial charge in [-0.05, 0) is 49.7 Å². The van der Waals surface area contributed by atoms with E-state index in [9.17, 15) is 14.0 Å². The maximum absolute atomic E-state index is 13.6. The fourth-order valence-corrected chi connectivity index (χ4v) is 4.34. The molecule has 0 atom stereocenters. The molecule has 1 aliphatic heterocycles. The minimum atomic E-state index is -0.326. The average Bonchev–Trinajstić information content (AvgIpc) is 3.55. The van der Waals surface area contributed by atoms with Gasteiger partial charge in [0.05, 0.1) is 29.8 Å². The molecule has 8 nitrogen and oxygen atoms in total. The third-order valence-electron chi connectivity index (χ3n) is 6.25. The Bertz CT molecular complexity index is 1350. The summed E-state index contributed by atoms with van der Waals surface area (Å²) in [4.78, 5) is 34.6. The van der Waals surface area contributed by atoms with Crippen LogP contribution in [0.15, 0.2) is 59.3 Å². The van der Waals surface area contributed by atoms with E-state index in [0.717, 1.165) is 5.56 Å². The molecule has 4 aromatic rings. The summed E-state index contributed by atoms with van der Waals surface area (Å²) in [5, 5.41) is 5.15. The molecule has 0 spiro atoms. The second-order valence-electron chi connectivity index (χ2n) is 8.93. The summed E-state index contributed by atoms with van der Waals surface area (Å²) >= 11 is 0. The number of fused-ring (bicyclic) bond motifs is 1. The van der Waals surface area contributed by atoms with Crippen LogP contribution in [-0.2, 0) is 11.2 Å². The van der Waals surface area contributed by atoms with Crippen molar-refractivity contribution in [2.75, 3.05) is 26.2 Å². The zero-order chi connectivity index (χ0) is 24.5. The van der Waals surface area contributed by atoms with Crippen molar-refractivity contribution in [3.63, 3.8) is 0 Å². The molecule has 5 rings (SSSR count).